The molecule has 2 atom stereocenters. The van der Waals surface area contributed by atoms with Gasteiger partial charge < -0.3 is 20.3 Å². The SMILES string of the molecule is CCCCCCCCCCCCCCCCCCC/C=C/C(O)C(CO)NC(=O)CCCCCCCCCCCCCCCCCCC/C=C\C/C=C\CCCCCCCCCCCCCCCCCOC(=O)CCCCCCCCCCCCCCCCCC. The normalized spacial score (nSPS) is 12.6. The van der Waals surface area contributed by atoms with Gasteiger partial charge in [-0.05, 0) is 64.2 Å². The number of ether oxygens (including phenoxy) is 1. The summed E-state index contributed by atoms with van der Waals surface area (Å²) in [6.07, 6.45) is 106. The molecule has 1 amide bonds. The number of esters is 1. The summed E-state index contributed by atoms with van der Waals surface area (Å²) in [5.74, 6) is -0.0362. The Morgan fingerprint density at radius 2 is 0.549 bits per heavy atom. The number of carbonyl (C=O) groups is 2. The molecule has 6 heteroatoms. The molecule has 0 aliphatic carbocycles. The van der Waals surface area contributed by atoms with Gasteiger partial charge in [0.15, 0.2) is 0 Å². The van der Waals surface area contributed by atoms with Crippen LogP contribution in [-0.4, -0.2) is 47.4 Å². The van der Waals surface area contributed by atoms with E-state index in [1.165, 1.54) is 398 Å². The minimum Gasteiger partial charge on any atom is -0.466 e. The van der Waals surface area contributed by atoms with Gasteiger partial charge in [0.1, 0.15) is 0 Å². The third-order valence-corrected chi connectivity index (χ3v) is 19.7. The molecule has 0 aromatic carbocycles. The van der Waals surface area contributed by atoms with Crippen molar-refractivity contribution in [1.29, 1.82) is 0 Å². The molecule has 0 saturated heterocycles. The lowest BCUT2D eigenvalue weighted by molar-refractivity contribution is -0.143. The highest BCUT2D eigenvalue weighted by Crippen LogP contribution is 2.20. The van der Waals surface area contributed by atoms with Crippen LogP contribution < -0.4 is 5.32 Å². The zero-order valence-electron chi connectivity index (χ0n) is 61.9. The van der Waals surface area contributed by atoms with Crippen LogP contribution in [0.3, 0.4) is 0 Å². The van der Waals surface area contributed by atoms with Crippen LogP contribution in [0.4, 0.5) is 0 Å². The Kier molecular flexibility index (Phi) is 78.8. The van der Waals surface area contributed by atoms with Crippen molar-refractivity contribution in [2.75, 3.05) is 13.2 Å². The third kappa shape index (κ3) is 77.0. The lowest BCUT2D eigenvalue weighted by Crippen LogP contribution is -2.45. The Hall–Kier alpha value is -1.92. The van der Waals surface area contributed by atoms with Crippen molar-refractivity contribution in [3.05, 3.63) is 36.5 Å². The molecule has 0 aromatic heterocycles. The van der Waals surface area contributed by atoms with Crippen LogP contribution in [0.2, 0.25) is 0 Å². The van der Waals surface area contributed by atoms with Crippen LogP contribution in [0.1, 0.15) is 470 Å². The summed E-state index contributed by atoms with van der Waals surface area (Å²) in [5, 5.41) is 23.3. The predicted octanol–water partition coefficient (Wildman–Crippen LogP) is 27.8. The second kappa shape index (κ2) is 80.5. The second-order valence-corrected chi connectivity index (χ2v) is 28.8. The van der Waals surface area contributed by atoms with Crippen LogP contribution in [0.5, 0.6) is 0 Å². The molecule has 0 radical (unpaired) electrons. The summed E-state index contributed by atoms with van der Waals surface area (Å²) < 4.78 is 5.51. The fourth-order valence-corrected chi connectivity index (χ4v) is 13.3. The van der Waals surface area contributed by atoms with E-state index in [-0.39, 0.29) is 18.5 Å². The molecule has 0 aliphatic rings. The molecule has 6 nitrogen and oxygen atoms in total. The number of aliphatic hydroxyl groups is 2. The maximum Gasteiger partial charge on any atom is 0.305 e. The first-order valence-corrected chi connectivity index (χ1v) is 41.8. The third-order valence-electron chi connectivity index (χ3n) is 19.7. The van der Waals surface area contributed by atoms with Gasteiger partial charge in [-0.1, -0.05) is 429 Å². The van der Waals surface area contributed by atoms with Gasteiger partial charge in [0.25, 0.3) is 0 Å². The molecule has 0 aromatic rings. The van der Waals surface area contributed by atoms with Gasteiger partial charge in [-0.2, -0.15) is 0 Å². The topological polar surface area (TPSA) is 95.9 Å². The Bertz CT molecular complexity index is 1470. The van der Waals surface area contributed by atoms with Crippen molar-refractivity contribution >= 4 is 11.9 Å². The Balaban J connectivity index is 3.36. The van der Waals surface area contributed by atoms with Gasteiger partial charge >= 0.3 is 5.97 Å². The number of unbranched alkanes of at least 4 members (excludes halogenated alkanes) is 64. The van der Waals surface area contributed by atoms with Crippen LogP contribution in [-0.2, 0) is 14.3 Å². The van der Waals surface area contributed by atoms with Gasteiger partial charge in [-0.25, -0.2) is 0 Å². The molecule has 0 saturated carbocycles. The summed E-state index contributed by atoms with van der Waals surface area (Å²) >= 11 is 0. The maximum absolute atomic E-state index is 12.5. The van der Waals surface area contributed by atoms with E-state index in [1.807, 2.05) is 6.08 Å². The average Bonchev–Trinajstić information content (AvgIpc) is 3.58. The summed E-state index contributed by atoms with van der Waals surface area (Å²) in [7, 11) is 0. The number of amides is 1. The van der Waals surface area contributed by atoms with Crippen molar-refractivity contribution in [2.24, 2.45) is 0 Å². The molecule has 0 aliphatic heterocycles. The van der Waals surface area contributed by atoms with E-state index in [1.54, 1.807) is 6.08 Å². The molecular weight excluding hydrogens is 1110 g/mol. The Morgan fingerprint density at radius 3 is 0.835 bits per heavy atom. The first kappa shape index (κ1) is 89.1. The van der Waals surface area contributed by atoms with Crippen molar-refractivity contribution in [3.63, 3.8) is 0 Å². The highest BCUT2D eigenvalue weighted by Gasteiger charge is 2.18. The van der Waals surface area contributed by atoms with E-state index in [0.717, 1.165) is 44.9 Å². The van der Waals surface area contributed by atoms with Crippen LogP contribution >= 0.6 is 0 Å². The molecule has 91 heavy (non-hydrogen) atoms. The van der Waals surface area contributed by atoms with Crippen molar-refractivity contribution in [3.8, 4) is 0 Å². The lowest BCUT2D eigenvalue weighted by Gasteiger charge is -2.20. The fraction of sp³-hybridized carbons (Fsp3) is 0.906. The molecule has 0 heterocycles. The standard InChI is InChI=1S/C85H163NO5/c1-3-5-7-9-11-13-15-17-19-21-43-46-49-53-57-61-65-69-73-77-83(88)82(81-87)86-84(89)78-74-70-66-62-58-54-50-47-44-41-39-37-35-33-31-29-27-25-23-22-24-26-28-30-32-34-36-38-40-42-45-48-52-56-60-64-68-72-76-80-91-85(90)79-75-71-67-63-59-55-51-20-18-16-14-12-10-8-6-4-2/h22-23,26,28,73,77,82-83,87-88H,3-21,24-25,27,29-72,74-76,78-81H2,1-2H3,(H,86,89)/b23-22-,28-26-,77-73+. The maximum atomic E-state index is 12.5. The summed E-state index contributed by atoms with van der Waals surface area (Å²) in [4.78, 5) is 24.6. The zero-order chi connectivity index (χ0) is 65.6. The van der Waals surface area contributed by atoms with Crippen LogP contribution in [0, 0.1) is 0 Å². The summed E-state index contributed by atoms with van der Waals surface area (Å²) in [5.41, 5.74) is 0. The van der Waals surface area contributed by atoms with E-state index in [2.05, 4.69) is 43.5 Å². The molecular formula is C85H163NO5. The largest absolute Gasteiger partial charge is 0.466 e. The number of nitrogens with one attached hydrogen (secondary N) is 1. The van der Waals surface area contributed by atoms with Crippen LogP contribution in [0.25, 0.3) is 0 Å². The minimum atomic E-state index is -0.843. The number of allylic oxidation sites excluding steroid dienone is 5. The van der Waals surface area contributed by atoms with Gasteiger partial charge in [-0.3, -0.25) is 9.59 Å². The predicted molar refractivity (Wildman–Crippen MR) is 403 cm³/mol. The van der Waals surface area contributed by atoms with Gasteiger partial charge in [0.05, 0.1) is 25.4 Å². The molecule has 0 bridgehead atoms. The first-order valence-electron chi connectivity index (χ1n) is 41.8. The molecule has 538 valence electrons. The molecule has 3 N–H and O–H groups in total. The Labute approximate surface area is 570 Å². The molecule has 0 spiro atoms. The first-order chi connectivity index (χ1) is 45.0. The highest BCUT2D eigenvalue weighted by molar-refractivity contribution is 5.76. The summed E-state index contributed by atoms with van der Waals surface area (Å²) in [6.45, 7) is 4.96. The van der Waals surface area contributed by atoms with E-state index >= 15 is 0 Å². The molecule has 0 fully saturated rings. The smallest absolute Gasteiger partial charge is 0.305 e. The van der Waals surface area contributed by atoms with E-state index < -0.39 is 12.1 Å². The van der Waals surface area contributed by atoms with Crippen molar-refractivity contribution in [1.82, 2.24) is 5.32 Å². The molecule has 2 unspecified atom stereocenters. The minimum absolute atomic E-state index is 0.0245. The number of rotatable bonds is 79. The van der Waals surface area contributed by atoms with Crippen molar-refractivity contribution in [2.45, 2.75) is 482 Å². The lowest BCUT2D eigenvalue weighted by atomic mass is 10.0. The van der Waals surface area contributed by atoms with Gasteiger partial charge in [-0.15, -0.1) is 0 Å². The van der Waals surface area contributed by atoms with Gasteiger partial charge in [0.2, 0.25) is 5.91 Å². The fourth-order valence-electron chi connectivity index (χ4n) is 13.3. The Morgan fingerprint density at radius 1 is 0.308 bits per heavy atom. The van der Waals surface area contributed by atoms with Crippen molar-refractivity contribution < 1.29 is 24.5 Å². The van der Waals surface area contributed by atoms with Crippen LogP contribution in [0.15, 0.2) is 36.5 Å². The van der Waals surface area contributed by atoms with E-state index in [4.69, 9.17) is 4.74 Å². The average molecular weight is 1280 g/mol. The highest BCUT2D eigenvalue weighted by atomic mass is 16.5. The summed E-state index contributed by atoms with van der Waals surface area (Å²) in [6, 6.07) is -0.626. The second-order valence-electron chi connectivity index (χ2n) is 28.8. The zero-order valence-corrected chi connectivity index (χ0v) is 61.9. The number of carbonyl (C=O) groups excluding carboxylic acids is 2. The van der Waals surface area contributed by atoms with E-state index in [0.29, 0.717) is 19.4 Å². The monoisotopic (exact) mass is 1280 g/mol. The quantitative estimate of drug-likeness (QED) is 0.0320. The van der Waals surface area contributed by atoms with Gasteiger partial charge in [0, 0.05) is 12.8 Å². The number of hydrogen-bond donors (Lipinski definition) is 3. The number of hydrogen-bond acceptors (Lipinski definition) is 5. The number of aliphatic hydroxyl groups excluding tert-OH is 2. The molecule has 0 rings (SSSR count). The van der Waals surface area contributed by atoms with E-state index in [9.17, 15) is 19.8 Å².